The Morgan fingerprint density at radius 3 is 2.83 bits per heavy atom. The molecular weight excluding hydrogens is 416 g/mol. The van der Waals surface area contributed by atoms with Gasteiger partial charge in [-0.1, -0.05) is 6.07 Å². The van der Waals surface area contributed by atoms with Gasteiger partial charge in [0.15, 0.2) is 5.65 Å². The van der Waals surface area contributed by atoms with Crippen LogP contribution in [0, 0.1) is 6.92 Å². The molecule has 1 fully saturated rings. The smallest absolute Gasteiger partial charge is 0.257 e. The molecule has 1 N–H and O–H groups in total. The topological polar surface area (TPSA) is 58.1 Å². The Morgan fingerprint density at radius 1 is 1.23 bits per heavy atom. The molecule has 0 saturated carbocycles. The first-order valence-corrected chi connectivity index (χ1v) is 11.3. The van der Waals surface area contributed by atoms with Crippen molar-refractivity contribution in [2.75, 3.05) is 18.1 Å². The minimum absolute atomic E-state index is 0. The number of aryl methyl sites for hydroxylation is 1. The number of thioether (sulfide) groups is 1. The van der Waals surface area contributed by atoms with E-state index in [2.05, 4.69) is 40.6 Å². The van der Waals surface area contributed by atoms with Crippen molar-refractivity contribution < 1.29 is 4.79 Å². The average Bonchev–Trinajstić information content (AvgIpc) is 2.74. The van der Waals surface area contributed by atoms with Crippen molar-refractivity contribution in [3.63, 3.8) is 0 Å². The van der Waals surface area contributed by atoms with Gasteiger partial charge in [-0.15, -0.1) is 24.2 Å². The lowest BCUT2D eigenvalue weighted by Gasteiger charge is -2.34. The molecule has 0 radical (unpaired) electrons. The van der Waals surface area contributed by atoms with E-state index in [4.69, 9.17) is 0 Å². The molecular formula is C23H27ClN4OS. The van der Waals surface area contributed by atoms with Gasteiger partial charge in [-0.2, -0.15) is 0 Å². The average molecular weight is 443 g/mol. The standard InChI is InChI=1S/C23H26N4OS.ClH/c1-15-10-11-19-21(26-17-8-6-9-18(13-17)29-3)20(14-24-22(19)25-15)23(28)27-12-5-4-7-16(27)2;/h6,8-11,13-14,16H,4-5,7,12H2,1-3H3,(H,24,25,26);1H. The molecule has 3 heterocycles. The molecule has 1 aromatic carbocycles. The summed E-state index contributed by atoms with van der Waals surface area (Å²) >= 11 is 1.69. The molecule has 1 unspecified atom stereocenters. The van der Waals surface area contributed by atoms with Crippen LogP contribution in [0.4, 0.5) is 11.4 Å². The van der Waals surface area contributed by atoms with E-state index in [1.54, 1.807) is 18.0 Å². The Hall–Kier alpha value is -2.31. The molecule has 5 nitrogen and oxygen atoms in total. The quantitative estimate of drug-likeness (QED) is 0.514. The summed E-state index contributed by atoms with van der Waals surface area (Å²) in [6.07, 6.45) is 7.01. The molecule has 7 heteroatoms. The summed E-state index contributed by atoms with van der Waals surface area (Å²) in [5.74, 6) is 0.0377. The molecule has 0 bridgehead atoms. The van der Waals surface area contributed by atoms with Gasteiger partial charge in [0.05, 0.1) is 11.3 Å². The first kappa shape index (κ1) is 22.4. The van der Waals surface area contributed by atoms with Crippen LogP contribution in [-0.4, -0.2) is 39.6 Å². The molecule has 158 valence electrons. The Bertz CT molecular complexity index is 1060. The number of nitrogens with zero attached hydrogens (tertiary/aromatic N) is 3. The highest BCUT2D eigenvalue weighted by molar-refractivity contribution is 7.98. The summed E-state index contributed by atoms with van der Waals surface area (Å²) in [7, 11) is 0. The van der Waals surface area contributed by atoms with Crippen molar-refractivity contribution in [1.82, 2.24) is 14.9 Å². The molecule has 30 heavy (non-hydrogen) atoms. The molecule has 1 saturated heterocycles. The maximum atomic E-state index is 13.5. The van der Waals surface area contributed by atoms with Crippen LogP contribution >= 0.6 is 24.2 Å². The minimum Gasteiger partial charge on any atom is -0.354 e. The summed E-state index contributed by atoms with van der Waals surface area (Å²) in [5, 5.41) is 4.37. The normalized spacial score (nSPS) is 16.2. The largest absolute Gasteiger partial charge is 0.354 e. The second kappa shape index (κ2) is 9.67. The van der Waals surface area contributed by atoms with Crippen LogP contribution in [0.1, 0.15) is 42.2 Å². The van der Waals surface area contributed by atoms with E-state index in [1.807, 2.05) is 36.1 Å². The number of nitrogens with one attached hydrogen (secondary N) is 1. The monoisotopic (exact) mass is 442 g/mol. The van der Waals surface area contributed by atoms with Crippen LogP contribution < -0.4 is 5.32 Å². The van der Waals surface area contributed by atoms with Crippen LogP contribution in [0.3, 0.4) is 0 Å². The predicted octanol–water partition coefficient (Wildman–Crippen LogP) is 5.84. The fourth-order valence-corrected chi connectivity index (χ4v) is 4.33. The van der Waals surface area contributed by atoms with Crippen LogP contribution in [0.25, 0.3) is 11.0 Å². The fourth-order valence-electron chi connectivity index (χ4n) is 3.87. The van der Waals surface area contributed by atoms with Crippen molar-refractivity contribution in [2.45, 2.75) is 44.0 Å². The van der Waals surface area contributed by atoms with E-state index in [-0.39, 0.29) is 24.4 Å². The number of benzene rings is 1. The molecule has 0 aliphatic carbocycles. The third-order valence-electron chi connectivity index (χ3n) is 5.50. The summed E-state index contributed by atoms with van der Waals surface area (Å²) < 4.78 is 0. The van der Waals surface area contributed by atoms with Gasteiger partial charge >= 0.3 is 0 Å². The molecule has 1 amide bonds. The number of piperidine rings is 1. The van der Waals surface area contributed by atoms with E-state index in [9.17, 15) is 4.79 Å². The maximum Gasteiger partial charge on any atom is 0.257 e. The van der Waals surface area contributed by atoms with Crippen LogP contribution in [0.15, 0.2) is 47.5 Å². The van der Waals surface area contributed by atoms with Gasteiger partial charge in [0.2, 0.25) is 0 Å². The third kappa shape index (κ3) is 4.55. The summed E-state index contributed by atoms with van der Waals surface area (Å²) in [6.45, 7) is 4.88. The first-order valence-electron chi connectivity index (χ1n) is 10.0. The zero-order valence-electron chi connectivity index (χ0n) is 17.5. The van der Waals surface area contributed by atoms with Crippen LogP contribution in [0.2, 0.25) is 0 Å². The highest BCUT2D eigenvalue weighted by Crippen LogP contribution is 2.32. The van der Waals surface area contributed by atoms with Crippen LogP contribution in [-0.2, 0) is 0 Å². The van der Waals surface area contributed by atoms with E-state index in [1.165, 1.54) is 11.3 Å². The van der Waals surface area contributed by atoms with Gasteiger partial charge in [-0.05, 0) is 69.7 Å². The predicted molar refractivity (Wildman–Crippen MR) is 127 cm³/mol. The molecule has 1 aliphatic heterocycles. The minimum atomic E-state index is 0. The lowest BCUT2D eigenvalue weighted by atomic mass is 10.0. The third-order valence-corrected chi connectivity index (χ3v) is 6.23. The Balaban J connectivity index is 0.00000256. The van der Waals surface area contributed by atoms with Crippen molar-refractivity contribution in [2.24, 2.45) is 0 Å². The molecule has 1 atom stereocenters. The number of rotatable bonds is 4. The van der Waals surface area contributed by atoms with Gasteiger partial charge < -0.3 is 10.2 Å². The van der Waals surface area contributed by atoms with Crippen molar-refractivity contribution in [1.29, 1.82) is 0 Å². The lowest BCUT2D eigenvalue weighted by molar-refractivity contribution is 0.0636. The second-order valence-corrected chi connectivity index (χ2v) is 8.45. The number of carbonyl (C=O) groups is 1. The Labute approximate surface area is 188 Å². The SMILES string of the molecule is CSc1cccc(Nc2c(C(=O)N3CCCCC3C)cnc3nc(C)ccc23)c1.Cl. The van der Waals surface area contributed by atoms with Gasteiger partial charge in [0.25, 0.3) is 5.91 Å². The first-order chi connectivity index (χ1) is 14.1. The second-order valence-electron chi connectivity index (χ2n) is 7.57. The van der Waals surface area contributed by atoms with Gasteiger partial charge in [0.1, 0.15) is 0 Å². The van der Waals surface area contributed by atoms with Gasteiger partial charge in [-0.25, -0.2) is 9.97 Å². The number of carbonyl (C=O) groups excluding carboxylic acids is 1. The fraction of sp³-hybridized carbons (Fsp3) is 0.348. The van der Waals surface area contributed by atoms with E-state index >= 15 is 0 Å². The van der Waals surface area contributed by atoms with Crippen molar-refractivity contribution in [3.8, 4) is 0 Å². The highest BCUT2D eigenvalue weighted by Gasteiger charge is 2.27. The summed E-state index contributed by atoms with van der Waals surface area (Å²) in [6, 6.07) is 12.4. The number of anilines is 2. The summed E-state index contributed by atoms with van der Waals surface area (Å²) in [5.41, 5.74) is 3.89. The Kier molecular flexibility index (Phi) is 7.21. The van der Waals surface area contributed by atoms with Gasteiger partial charge in [0, 0.05) is 40.4 Å². The lowest BCUT2D eigenvalue weighted by Crippen LogP contribution is -2.42. The number of aromatic nitrogens is 2. The van der Waals surface area contributed by atoms with Crippen LogP contribution in [0.5, 0.6) is 0 Å². The molecule has 2 aromatic heterocycles. The zero-order chi connectivity index (χ0) is 20.4. The zero-order valence-corrected chi connectivity index (χ0v) is 19.1. The number of hydrogen-bond acceptors (Lipinski definition) is 5. The number of hydrogen-bond donors (Lipinski definition) is 1. The number of fused-ring (bicyclic) bond motifs is 1. The van der Waals surface area contributed by atoms with E-state index in [0.717, 1.165) is 41.8 Å². The van der Waals surface area contributed by atoms with Crippen molar-refractivity contribution in [3.05, 3.63) is 53.9 Å². The number of likely N-dealkylation sites (tertiary alicyclic amines) is 1. The molecule has 0 spiro atoms. The highest BCUT2D eigenvalue weighted by atomic mass is 35.5. The van der Waals surface area contributed by atoms with Crippen molar-refractivity contribution >= 4 is 52.5 Å². The maximum absolute atomic E-state index is 13.5. The number of amides is 1. The molecule has 1 aliphatic rings. The number of pyridine rings is 2. The van der Waals surface area contributed by atoms with Gasteiger partial charge in [-0.3, -0.25) is 4.79 Å². The Morgan fingerprint density at radius 2 is 2.07 bits per heavy atom. The summed E-state index contributed by atoms with van der Waals surface area (Å²) in [4.78, 5) is 25.7. The molecule has 4 rings (SSSR count). The number of halogens is 1. The van der Waals surface area contributed by atoms with E-state index in [0.29, 0.717) is 11.2 Å². The molecule has 3 aromatic rings. The van der Waals surface area contributed by atoms with E-state index < -0.39 is 0 Å².